The van der Waals surface area contributed by atoms with Crippen molar-refractivity contribution in [1.29, 1.82) is 5.26 Å². The topological polar surface area (TPSA) is 142 Å². The first-order valence-electron chi connectivity index (χ1n) is 11.4. The summed E-state index contributed by atoms with van der Waals surface area (Å²) in [5.74, 6) is 1.16. The highest BCUT2D eigenvalue weighted by atomic mass is 32.2. The number of amides is 1. The van der Waals surface area contributed by atoms with Crippen molar-refractivity contribution in [2.75, 3.05) is 37.9 Å². The number of carbonyl (C=O) groups excluding carboxylic acids is 1. The lowest BCUT2D eigenvalue weighted by Gasteiger charge is -2.23. The van der Waals surface area contributed by atoms with E-state index in [1.54, 1.807) is 54.6 Å². The van der Waals surface area contributed by atoms with Gasteiger partial charge in [-0.1, -0.05) is 0 Å². The minimum Gasteiger partial charge on any atom is -0.495 e. The van der Waals surface area contributed by atoms with Crippen LogP contribution in [0.25, 0.3) is 22.3 Å². The molecular weight excluding hydrogens is 510 g/mol. The van der Waals surface area contributed by atoms with Gasteiger partial charge < -0.3 is 24.3 Å². The first-order chi connectivity index (χ1) is 18.2. The molecule has 0 aliphatic rings. The number of furan rings is 1. The standard InChI is InChI=1S/C27H25N3O7S/c1-29-27(32)25-21-14-24(35-2)22(30(12-13-31)38(3,33)34)15-23(21)37-26(25)18-6-10-20(11-7-18)36-19-8-4-17(16-28)5-9-19/h4-11,14-15,31H,12-13H2,1-3H3,(H,29,32). The molecule has 4 rings (SSSR count). The smallest absolute Gasteiger partial charge is 0.255 e. The number of rotatable bonds is 9. The number of nitriles is 1. The summed E-state index contributed by atoms with van der Waals surface area (Å²) in [6.45, 7) is -0.588. The van der Waals surface area contributed by atoms with Crippen LogP contribution in [0.4, 0.5) is 5.69 Å². The number of carbonyl (C=O) groups is 1. The lowest BCUT2D eigenvalue weighted by molar-refractivity contribution is 0.0964. The fraction of sp³-hybridized carbons (Fsp3) is 0.185. The van der Waals surface area contributed by atoms with Gasteiger partial charge in [0.15, 0.2) is 0 Å². The number of fused-ring (bicyclic) bond motifs is 1. The third-order valence-electron chi connectivity index (χ3n) is 5.75. The lowest BCUT2D eigenvalue weighted by atomic mass is 10.0. The molecule has 10 nitrogen and oxygen atoms in total. The van der Waals surface area contributed by atoms with Gasteiger partial charge in [-0.3, -0.25) is 9.10 Å². The number of aliphatic hydroxyl groups is 1. The van der Waals surface area contributed by atoms with Crippen LogP contribution in [0, 0.1) is 11.3 Å². The van der Waals surface area contributed by atoms with Crippen molar-refractivity contribution in [2.24, 2.45) is 0 Å². The van der Waals surface area contributed by atoms with Crippen LogP contribution in [0.3, 0.4) is 0 Å². The van der Waals surface area contributed by atoms with Gasteiger partial charge in [0.1, 0.15) is 28.6 Å². The van der Waals surface area contributed by atoms with Crippen molar-refractivity contribution >= 4 is 32.6 Å². The second kappa shape index (κ2) is 10.8. The molecule has 0 saturated heterocycles. The van der Waals surface area contributed by atoms with Gasteiger partial charge >= 0.3 is 0 Å². The average molecular weight is 536 g/mol. The molecule has 3 aromatic carbocycles. The van der Waals surface area contributed by atoms with E-state index < -0.39 is 22.5 Å². The van der Waals surface area contributed by atoms with Crippen molar-refractivity contribution in [3.05, 3.63) is 71.8 Å². The van der Waals surface area contributed by atoms with E-state index in [1.807, 2.05) is 0 Å². The summed E-state index contributed by atoms with van der Waals surface area (Å²) in [4.78, 5) is 12.9. The number of nitrogens with one attached hydrogen (secondary N) is 1. The third-order valence-corrected chi connectivity index (χ3v) is 6.93. The van der Waals surface area contributed by atoms with Gasteiger partial charge in [-0.25, -0.2) is 8.42 Å². The van der Waals surface area contributed by atoms with Crippen molar-refractivity contribution in [2.45, 2.75) is 0 Å². The summed E-state index contributed by atoms with van der Waals surface area (Å²) >= 11 is 0. The minimum absolute atomic E-state index is 0.173. The van der Waals surface area contributed by atoms with Crippen LogP contribution in [0.2, 0.25) is 0 Å². The number of ether oxygens (including phenoxy) is 2. The van der Waals surface area contributed by atoms with Gasteiger partial charge in [-0.05, 0) is 54.6 Å². The Morgan fingerprint density at radius 3 is 2.26 bits per heavy atom. The molecule has 38 heavy (non-hydrogen) atoms. The Kier molecular flexibility index (Phi) is 7.57. The monoisotopic (exact) mass is 535 g/mol. The molecule has 0 saturated carbocycles. The Labute approximate surface area is 219 Å². The lowest BCUT2D eigenvalue weighted by Crippen LogP contribution is -2.32. The molecule has 0 fully saturated rings. The second-order valence-electron chi connectivity index (χ2n) is 8.23. The van der Waals surface area contributed by atoms with Crippen LogP contribution < -0.4 is 19.1 Å². The van der Waals surface area contributed by atoms with E-state index in [4.69, 9.17) is 19.2 Å². The SMILES string of the molecule is CNC(=O)c1c(-c2ccc(Oc3ccc(C#N)cc3)cc2)oc2cc(N(CCO)S(C)(=O)=O)c(OC)cc12. The van der Waals surface area contributed by atoms with Crippen LogP contribution in [0.1, 0.15) is 15.9 Å². The fourth-order valence-electron chi connectivity index (χ4n) is 3.99. The maximum atomic E-state index is 12.9. The van der Waals surface area contributed by atoms with E-state index in [9.17, 15) is 18.3 Å². The Bertz CT molecular complexity index is 1620. The first-order valence-corrected chi connectivity index (χ1v) is 13.3. The summed E-state index contributed by atoms with van der Waals surface area (Å²) in [6.07, 6.45) is 1.03. The Morgan fingerprint density at radius 1 is 1.11 bits per heavy atom. The van der Waals surface area contributed by atoms with Gasteiger partial charge in [0.2, 0.25) is 10.0 Å². The molecular formula is C27H25N3O7S. The summed E-state index contributed by atoms with van der Waals surface area (Å²) < 4.78 is 43.2. The Morgan fingerprint density at radius 2 is 1.74 bits per heavy atom. The number of sulfonamides is 1. The number of hydrogen-bond acceptors (Lipinski definition) is 8. The first kappa shape index (κ1) is 26.5. The van der Waals surface area contributed by atoms with Crippen LogP contribution >= 0.6 is 0 Å². The molecule has 0 atom stereocenters. The molecule has 0 bridgehead atoms. The van der Waals surface area contributed by atoms with Gasteiger partial charge in [0, 0.05) is 24.1 Å². The van der Waals surface area contributed by atoms with Gasteiger partial charge in [-0.15, -0.1) is 0 Å². The minimum atomic E-state index is -3.75. The summed E-state index contributed by atoms with van der Waals surface area (Å²) in [6, 6.07) is 18.7. The maximum Gasteiger partial charge on any atom is 0.255 e. The molecule has 0 unspecified atom stereocenters. The summed E-state index contributed by atoms with van der Waals surface area (Å²) in [5.41, 5.74) is 1.80. The Balaban J connectivity index is 1.79. The normalized spacial score (nSPS) is 11.1. The molecule has 1 amide bonds. The van der Waals surface area contributed by atoms with Crippen LogP contribution in [-0.2, 0) is 10.0 Å². The molecule has 0 aliphatic heterocycles. The van der Waals surface area contributed by atoms with Gasteiger partial charge in [-0.2, -0.15) is 5.26 Å². The highest BCUT2D eigenvalue weighted by Gasteiger charge is 2.27. The molecule has 1 aromatic heterocycles. The molecule has 1 heterocycles. The van der Waals surface area contributed by atoms with Crippen molar-refractivity contribution < 1.29 is 32.2 Å². The summed E-state index contributed by atoms with van der Waals surface area (Å²) in [5, 5.41) is 21.4. The van der Waals surface area contributed by atoms with E-state index in [-0.39, 0.29) is 34.9 Å². The van der Waals surface area contributed by atoms with Crippen molar-refractivity contribution in [3.8, 4) is 34.6 Å². The highest BCUT2D eigenvalue weighted by molar-refractivity contribution is 7.92. The zero-order valence-corrected chi connectivity index (χ0v) is 21.7. The predicted molar refractivity (Wildman–Crippen MR) is 142 cm³/mol. The maximum absolute atomic E-state index is 12.9. The number of hydrogen-bond donors (Lipinski definition) is 2. The predicted octanol–water partition coefficient (Wildman–Crippen LogP) is 3.89. The van der Waals surface area contributed by atoms with Crippen molar-refractivity contribution in [3.63, 3.8) is 0 Å². The zero-order valence-electron chi connectivity index (χ0n) is 20.9. The zero-order chi connectivity index (χ0) is 27.4. The molecule has 0 spiro atoms. The van der Waals surface area contributed by atoms with Crippen molar-refractivity contribution in [1.82, 2.24) is 5.32 Å². The van der Waals surface area contributed by atoms with E-state index in [0.29, 0.717) is 28.0 Å². The van der Waals surface area contributed by atoms with Crippen LogP contribution in [-0.4, -0.2) is 53.0 Å². The van der Waals surface area contributed by atoms with Gasteiger partial charge in [0.05, 0.1) is 49.4 Å². The summed E-state index contributed by atoms with van der Waals surface area (Å²) in [7, 11) is -0.866. The van der Waals surface area contributed by atoms with E-state index >= 15 is 0 Å². The molecule has 4 aromatic rings. The van der Waals surface area contributed by atoms with Crippen LogP contribution in [0.15, 0.2) is 65.1 Å². The largest absolute Gasteiger partial charge is 0.495 e. The number of nitrogens with zero attached hydrogens (tertiary/aromatic N) is 2. The van der Waals surface area contributed by atoms with Gasteiger partial charge in [0.25, 0.3) is 5.91 Å². The Hall–Kier alpha value is -4.53. The fourth-order valence-corrected chi connectivity index (χ4v) is 4.90. The molecule has 0 radical (unpaired) electrons. The number of methoxy groups -OCH3 is 1. The molecule has 196 valence electrons. The number of aliphatic hydroxyl groups excluding tert-OH is 1. The van der Waals surface area contributed by atoms with E-state index in [0.717, 1.165) is 10.6 Å². The third kappa shape index (κ3) is 5.27. The molecule has 2 N–H and O–H groups in total. The number of anilines is 1. The highest BCUT2D eigenvalue weighted by Crippen LogP contribution is 2.41. The quantitative estimate of drug-likeness (QED) is 0.329. The molecule has 11 heteroatoms. The average Bonchev–Trinajstić information content (AvgIpc) is 3.29. The van der Waals surface area contributed by atoms with E-state index in [2.05, 4.69) is 11.4 Å². The van der Waals surface area contributed by atoms with E-state index in [1.165, 1.54) is 20.2 Å². The van der Waals surface area contributed by atoms with Crippen LogP contribution in [0.5, 0.6) is 17.2 Å². The molecule has 0 aliphatic carbocycles. The number of benzene rings is 3. The second-order valence-corrected chi connectivity index (χ2v) is 10.1.